The highest BCUT2D eigenvalue weighted by atomic mass is 15.1. The molecule has 1 nitrogen and oxygen atoms in total. The van der Waals surface area contributed by atoms with Gasteiger partial charge < -0.3 is 4.90 Å². The fourth-order valence-corrected chi connectivity index (χ4v) is 3.79. The van der Waals surface area contributed by atoms with Crippen LogP contribution < -0.4 is 4.90 Å². The lowest BCUT2D eigenvalue weighted by Crippen LogP contribution is -2.15. The SMILES string of the molecule is Cc1ccc(N(c2ccc(C)cc2)c2cccc3c2CCCC3)cc1. The second-order valence-electron chi connectivity index (χ2n) is 7.13. The molecule has 1 aliphatic rings. The van der Waals surface area contributed by atoms with Gasteiger partial charge in [0.1, 0.15) is 0 Å². The van der Waals surface area contributed by atoms with Crippen molar-refractivity contribution in [2.45, 2.75) is 39.5 Å². The molecule has 0 unspecified atom stereocenters. The highest BCUT2D eigenvalue weighted by Crippen LogP contribution is 2.39. The Bertz CT molecular complexity index is 814. The summed E-state index contributed by atoms with van der Waals surface area (Å²) >= 11 is 0. The maximum absolute atomic E-state index is 2.42. The van der Waals surface area contributed by atoms with Gasteiger partial charge in [-0.15, -0.1) is 0 Å². The minimum absolute atomic E-state index is 1.18. The summed E-state index contributed by atoms with van der Waals surface area (Å²) in [5.74, 6) is 0. The van der Waals surface area contributed by atoms with Crippen LogP contribution in [-0.4, -0.2) is 0 Å². The van der Waals surface area contributed by atoms with Crippen LogP contribution in [0.4, 0.5) is 17.1 Å². The minimum Gasteiger partial charge on any atom is -0.310 e. The van der Waals surface area contributed by atoms with E-state index < -0.39 is 0 Å². The van der Waals surface area contributed by atoms with E-state index in [9.17, 15) is 0 Å². The summed E-state index contributed by atoms with van der Waals surface area (Å²) in [6, 6.07) is 24.5. The molecular formula is C24H25N. The standard InChI is InChI=1S/C24H25N/c1-18-10-14-21(15-11-18)25(22-16-12-19(2)13-17-22)24-9-5-7-20-6-3-4-8-23(20)24/h5,7,9-17H,3-4,6,8H2,1-2H3. The highest BCUT2D eigenvalue weighted by Gasteiger charge is 2.19. The van der Waals surface area contributed by atoms with Crippen LogP contribution >= 0.6 is 0 Å². The van der Waals surface area contributed by atoms with E-state index >= 15 is 0 Å². The Morgan fingerprint density at radius 2 is 1.20 bits per heavy atom. The van der Waals surface area contributed by atoms with Crippen LogP contribution in [0.5, 0.6) is 0 Å². The smallest absolute Gasteiger partial charge is 0.0496 e. The van der Waals surface area contributed by atoms with E-state index in [1.54, 1.807) is 0 Å². The van der Waals surface area contributed by atoms with Gasteiger partial charge in [0.15, 0.2) is 0 Å². The zero-order valence-corrected chi connectivity index (χ0v) is 15.1. The molecule has 0 aromatic heterocycles. The molecule has 0 fully saturated rings. The summed E-state index contributed by atoms with van der Waals surface area (Å²) in [5, 5.41) is 0. The van der Waals surface area contributed by atoms with Crippen molar-refractivity contribution in [2.75, 3.05) is 4.90 Å². The van der Waals surface area contributed by atoms with E-state index in [1.165, 1.54) is 65.0 Å². The van der Waals surface area contributed by atoms with Crippen molar-refractivity contribution in [1.29, 1.82) is 0 Å². The van der Waals surface area contributed by atoms with Gasteiger partial charge in [-0.1, -0.05) is 47.5 Å². The lowest BCUT2D eigenvalue weighted by Gasteiger charge is -2.30. The summed E-state index contributed by atoms with van der Waals surface area (Å²) in [4.78, 5) is 2.42. The van der Waals surface area contributed by atoms with E-state index in [0.29, 0.717) is 0 Å². The zero-order valence-electron chi connectivity index (χ0n) is 15.1. The predicted octanol–water partition coefficient (Wildman–Crippen LogP) is 6.65. The Morgan fingerprint density at radius 3 is 1.80 bits per heavy atom. The van der Waals surface area contributed by atoms with Crippen LogP contribution in [0.15, 0.2) is 66.7 Å². The van der Waals surface area contributed by atoms with Gasteiger partial charge in [0.2, 0.25) is 0 Å². The van der Waals surface area contributed by atoms with E-state index in [1.807, 2.05) is 0 Å². The minimum atomic E-state index is 1.18. The Hall–Kier alpha value is -2.54. The van der Waals surface area contributed by atoms with Gasteiger partial charge in [0, 0.05) is 17.1 Å². The van der Waals surface area contributed by atoms with Crippen molar-refractivity contribution in [3.05, 3.63) is 89.0 Å². The first-order chi connectivity index (χ1) is 12.2. The number of rotatable bonds is 3. The van der Waals surface area contributed by atoms with E-state index in [4.69, 9.17) is 0 Å². The second-order valence-corrected chi connectivity index (χ2v) is 7.13. The third-order valence-corrected chi connectivity index (χ3v) is 5.20. The van der Waals surface area contributed by atoms with Crippen molar-refractivity contribution in [2.24, 2.45) is 0 Å². The van der Waals surface area contributed by atoms with Gasteiger partial charge in [-0.25, -0.2) is 0 Å². The molecule has 0 atom stereocenters. The summed E-state index contributed by atoms with van der Waals surface area (Å²) in [6.45, 7) is 4.29. The summed E-state index contributed by atoms with van der Waals surface area (Å²) in [6.07, 6.45) is 4.99. The Morgan fingerprint density at radius 1 is 0.640 bits per heavy atom. The summed E-state index contributed by atoms with van der Waals surface area (Å²) in [5.41, 5.74) is 9.43. The third-order valence-electron chi connectivity index (χ3n) is 5.20. The van der Waals surface area contributed by atoms with Crippen molar-refractivity contribution >= 4 is 17.1 Å². The maximum atomic E-state index is 2.42. The van der Waals surface area contributed by atoms with Gasteiger partial charge in [-0.05, 0) is 81.0 Å². The average molecular weight is 327 g/mol. The molecule has 0 amide bonds. The van der Waals surface area contributed by atoms with Gasteiger partial charge in [0.25, 0.3) is 0 Å². The lowest BCUT2D eigenvalue weighted by atomic mass is 9.90. The second kappa shape index (κ2) is 6.76. The normalized spacial score (nSPS) is 13.4. The Labute approximate surface area is 150 Å². The molecule has 3 aromatic carbocycles. The number of benzene rings is 3. The molecule has 0 bridgehead atoms. The molecular weight excluding hydrogens is 302 g/mol. The van der Waals surface area contributed by atoms with Crippen LogP contribution in [0.25, 0.3) is 0 Å². The van der Waals surface area contributed by atoms with Crippen molar-refractivity contribution in [3.63, 3.8) is 0 Å². The van der Waals surface area contributed by atoms with Gasteiger partial charge in [0.05, 0.1) is 0 Å². The fourth-order valence-electron chi connectivity index (χ4n) is 3.79. The molecule has 4 rings (SSSR count). The molecule has 0 saturated carbocycles. The van der Waals surface area contributed by atoms with Crippen molar-refractivity contribution < 1.29 is 0 Å². The van der Waals surface area contributed by atoms with Crippen molar-refractivity contribution in [1.82, 2.24) is 0 Å². The molecule has 1 heteroatoms. The third kappa shape index (κ3) is 3.19. The number of aryl methyl sites for hydroxylation is 3. The monoisotopic (exact) mass is 327 g/mol. The largest absolute Gasteiger partial charge is 0.310 e. The molecule has 1 aliphatic carbocycles. The fraction of sp³-hybridized carbons (Fsp3) is 0.250. The average Bonchev–Trinajstić information content (AvgIpc) is 2.65. The number of hydrogen-bond acceptors (Lipinski definition) is 1. The molecule has 0 aliphatic heterocycles. The van der Waals surface area contributed by atoms with E-state index in [0.717, 1.165) is 0 Å². The van der Waals surface area contributed by atoms with Gasteiger partial charge in [-0.2, -0.15) is 0 Å². The molecule has 0 heterocycles. The lowest BCUT2D eigenvalue weighted by molar-refractivity contribution is 0.686. The van der Waals surface area contributed by atoms with Crippen LogP contribution in [0.2, 0.25) is 0 Å². The Balaban J connectivity index is 1.89. The summed E-state index contributed by atoms with van der Waals surface area (Å²) < 4.78 is 0. The maximum Gasteiger partial charge on any atom is 0.0496 e. The van der Waals surface area contributed by atoms with Crippen LogP contribution in [-0.2, 0) is 12.8 Å². The number of hydrogen-bond donors (Lipinski definition) is 0. The Kier molecular flexibility index (Phi) is 4.31. The molecule has 126 valence electrons. The number of fused-ring (bicyclic) bond motifs is 1. The predicted molar refractivity (Wildman–Crippen MR) is 107 cm³/mol. The van der Waals surface area contributed by atoms with Crippen molar-refractivity contribution in [3.8, 4) is 0 Å². The highest BCUT2D eigenvalue weighted by molar-refractivity contribution is 5.79. The van der Waals surface area contributed by atoms with Crippen LogP contribution in [0.3, 0.4) is 0 Å². The van der Waals surface area contributed by atoms with E-state index in [-0.39, 0.29) is 0 Å². The first-order valence-electron chi connectivity index (χ1n) is 9.26. The summed E-state index contributed by atoms with van der Waals surface area (Å²) in [7, 11) is 0. The van der Waals surface area contributed by atoms with Crippen LogP contribution in [0.1, 0.15) is 35.1 Å². The molecule has 0 N–H and O–H groups in total. The number of anilines is 3. The quantitative estimate of drug-likeness (QED) is 0.520. The van der Waals surface area contributed by atoms with E-state index in [2.05, 4.69) is 85.5 Å². The molecule has 25 heavy (non-hydrogen) atoms. The first-order valence-corrected chi connectivity index (χ1v) is 9.26. The van der Waals surface area contributed by atoms with Gasteiger partial charge in [-0.3, -0.25) is 0 Å². The van der Waals surface area contributed by atoms with Crippen LogP contribution in [0, 0.1) is 13.8 Å². The molecule has 0 radical (unpaired) electrons. The number of nitrogens with zero attached hydrogens (tertiary/aromatic N) is 1. The molecule has 0 spiro atoms. The molecule has 3 aromatic rings. The topological polar surface area (TPSA) is 3.24 Å². The molecule has 0 saturated heterocycles. The van der Waals surface area contributed by atoms with Gasteiger partial charge >= 0.3 is 0 Å². The first kappa shape index (κ1) is 16.0. The zero-order chi connectivity index (χ0) is 17.2.